The van der Waals surface area contributed by atoms with Crippen LogP contribution in [0.2, 0.25) is 0 Å². The second kappa shape index (κ2) is 25.0. The molecule has 3 aliphatic heterocycles. The lowest BCUT2D eigenvalue weighted by molar-refractivity contribution is -0.131. The number of anilines is 3. The third-order valence-corrected chi connectivity index (χ3v) is 15.3. The first kappa shape index (κ1) is 58.2. The zero-order valence-corrected chi connectivity index (χ0v) is 44.9. The molecule has 12 atom stereocenters. The van der Waals surface area contributed by atoms with E-state index >= 15 is 4.39 Å². The lowest BCUT2D eigenvalue weighted by Crippen LogP contribution is -2.55. The molecule has 33 nitrogen and oxygen atoms in total. The molecule has 7 heterocycles. The maximum Gasteiger partial charge on any atom is 0.509 e. The minimum atomic E-state index is -4.59. The number of alkyl halides is 1. The van der Waals surface area contributed by atoms with Crippen LogP contribution in [-0.4, -0.2) is 149 Å². The molecule has 0 radical (unpaired) electrons. The quantitative estimate of drug-likeness (QED) is 0.0122. The van der Waals surface area contributed by atoms with E-state index in [2.05, 4.69) is 73.4 Å². The number of azide groups is 1. The summed E-state index contributed by atoms with van der Waals surface area (Å²) in [5.74, 6) is -2.56. The van der Waals surface area contributed by atoms with Crippen molar-refractivity contribution in [2.45, 2.75) is 94.5 Å². The fraction of sp³-hybridized carbons (Fsp3) is 0.488. The summed E-state index contributed by atoms with van der Waals surface area (Å²) in [6, 6.07) is 2.85. The normalized spacial score (nSPS) is 26.8. The highest BCUT2D eigenvalue weighted by atomic mass is 32.7. The van der Waals surface area contributed by atoms with Gasteiger partial charge >= 0.3 is 25.7 Å². The smallest absolute Gasteiger partial charge is 0.429 e. The molecule has 4 aromatic heterocycles. The monoisotopic (exact) mass is 1180 g/mol. The Balaban J connectivity index is 0.968. The molecular weight excluding hydrogens is 1130 g/mol. The molecule has 0 aliphatic carbocycles. The Morgan fingerprint density at radius 2 is 1.54 bits per heavy atom. The van der Waals surface area contributed by atoms with Crippen molar-refractivity contribution in [1.82, 2.24) is 55.0 Å². The number of halogens is 1. The number of nitrogens with one attached hydrogen (secondary N) is 4. The number of benzene rings is 1. The molecule has 0 saturated carbocycles. The molecule has 5 aromatic rings. The predicted octanol–water partition coefficient (Wildman–Crippen LogP) is 2.08. The van der Waals surface area contributed by atoms with Crippen LogP contribution in [0.25, 0.3) is 32.8 Å². The average Bonchev–Trinajstić information content (AvgIpc) is 4.29. The van der Waals surface area contributed by atoms with Crippen LogP contribution in [0.1, 0.15) is 44.7 Å². The van der Waals surface area contributed by atoms with Gasteiger partial charge in [-0.15, -0.1) is 0 Å². The summed E-state index contributed by atoms with van der Waals surface area (Å²) < 4.78 is 79.6. The summed E-state index contributed by atoms with van der Waals surface area (Å²) in [5, 5.41) is 13.4. The fourth-order valence-corrected chi connectivity index (χ4v) is 11.3. The number of nitrogens with two attached hydrogens (primary N) is 3. The van der Waals surface area contributed by atoms with Gasteiger partial charge in [-0.1, -0.05) is 43.3 Å². The molecule has 11 N–H and O–H groups in total. The molecular formula is C41H51FN18O15P2S2. The van der Waals surface area contributed by atoms with E-state index in [9.17, 15) is 33.4 Å². The van der Waals surface area contributed by atoms with Crippen LogP contribution < -0.4 is 38.5 Å². The van der Waals surface area contributed by atoms with Gasteiger partial charge in [-0.05, 0) is 53.8 Å². The van der Waals surface area contributed by atoms with Gasteiger partial charge in [0.2, 0.25) is 17.7 Å². The number of hydrogen-bond donors (Lipinski definition) is 9. The van der Waals surface area contributed by atoms with Crippen molar-refractivity contribution in [1.29, 1.82) is 0 Å². The van der Waals surface area contributed by atoms with Crippen LogP contribution in [0.5, 0.6) is 0 Å². The van der Waals surface area contributed by atoms with E-state index in [0.717, 1.165) is 12.7 Å². The topological polar surface area (TPSA) is 459 Å². The van der Waals surface area contributed by atoms with E-state index < -0.39 is 137 Å². The number of rotatable bonds is 17. The van der Waals surface area contributed by atoms with Crippen molar-refractivity contribution in [2.24, 2.45) is 16.8 Å². The largest absolute Gasteiger partial charge is 0.509 e. The third-order valence-electron chi connectivity index (χ3n) is 12.1. The number of imidazole rings is 2. The van der Waals surface area contributed by atoms with E-state index in [1.807, 2.05) is 0 Å². The summed E-state index contributed by atoms with van der Waals surface area (Å²) in [7, 11) is 0. The zero-order valence-electron chi connectivity index (χ0n) is 41.4. The van der Waals surface area contributed by atoms with Crippen molar-refractivity contribution < 1.29 is 74.9 Å². The van der Waals surface area contributed by atoms with Crippen LogP contribution in [0.15, 0.2) is 54.7 Å². The Kier molecular flexibility index (Phi) is 18.4. The molecule has 3 saturated heterocycles. The number of urea groups is 1. The minimum absolute atomic E-state index is 0.00576. The minimum Gasteiger partial charge on any atom is -0.429 e. The molecule has 3 fully saturated rings. The molecule has 1 aromatic carbocycles. The van der Waals surface area contributed by atoms with Crippen molar-refractivity contribution in [3.05, 3.63) is 65.6 Å². The van der Waals surface area contributed by atoms with E-state index in [4.69, 9.17) is 71.6 Å². The summed E-state index contributed by atoms with van der Waals surface area (Å²) in [5.41, 5.74) is 26.8. The van der Waals surface area contributed by atoms with Gasteiger partial charge in [-0.3, -0.25) is 37.1 Å². The Morgan fingerprint density at radius 3 is 2.18 bits per heavy atom. The SMILES string of the molecule is CC(C)[C@H](NC(=O)CN=[N+]=[N-])C(=O)N[C@@H](CCCNC(N)=O)C(=O)Nc1ccc(COC(=O)OC2[C@@H]3OP(O)(=S)OCC4O[C@@H](n5cnc6c(N)ncnc65)[C@H](F)[C@@H]4OP(=O)(S)OCC3O[C@H]2n2cnc3c(N)ncnc32)cc1. The number of amides is 5. The lowest BCUT2D eigenvalue weighted by atomic mass is 10.0. The number of fused-ring (bicyclic) bond motifs is 4. The first-order valence-electron chi connectivity index (χ1n) is 23.6. The third kappa shape index (κ3) is 14.1. The van der Waals surface area contributed by atoms with Crippen LogP contribution in [-0.2, 0) is 74.4 Å². The summed E-state index contributed by atoms with van der Waals surface area (Å²) in [6.45, 7) is -8.14. The van der Waals surface area contributed by atoms with E-state index in [1.54, 1.807) is 13.8 Å². The van der Waals surface area contributed by atoms with E-state index in [0.29, 0.717) is 5.56 Å². The first-order chi connectivity index (χ1) is 37.6. The van der Waals surface area contributed by atoms with Crippen molar-refractivity contribution in [3.63, 3.8) is 0 Å². The Bertz CT molecular complexity index is 3230. The van der Waals surface area contributed by atoms with E-state index in [1.165, 1.54) is 46.1 Å². The van der Waals surface area contributed by atoms with Gasteiger partial charge in [-0.2, -0.15) is 0 Å². The van der Waals surface area contributed by atoms with E-state index in [-0.39, 0.29) is 59.0 Å². The van der Waals surface area contributed by atoms with Gasteiger partial charge in [-0.25, -0.2) is 48.4 Å². The number of carbonyl (C=O) groups is 5. The fourth-order valence-electron chi connectivity index (χ4n) is 8.41. The van der Waals surface area contributed by atoms with Gasteiger partial charge in [0.1, 0.15) is 73.3 Å². The Labute approximate surface area is 455 Å². The molecule has 38 heteroatoms. The van der Waals surface area contributed by atoms with Crippen LogP contribution in [0, 0.1) is 5.92 Å². The first-order valence-corrected chi connectivity index (χ1v) is 28.9. The summed E-state index contributed by atoms with van der Waals surface area (Å²) >= 11 is 9.56. The number of ether oxygens (including phenoxy) is 4. The number of nitrogens with zero attached hydrogens (tertiary/aromatic N) is 11. The molecule has 5 unspecified atom stereocenters. The molecule has 0 bridgehead atoms. The van der Waals surface area contributed by atoms with Crippen LogP contribution in [0.4, 0.5) is 31.3 Å². The maximum absolute atomic E-state index is 16.5. The maximum atomic E-state index is 16.5. The molecule has 79 heavy (non-hydrogen) atoms. The Hall–Kier alpha value is -6.94. The Morgan fingerprint density at radius 1 is 0.924 bits per heavy atom. The van der Waals surface area contributed by atoms with Crippen molar-refractivity contribution in [3.8, 4) is 0 Å². The van der Waals surface area contributed by atoms with Gasteiger partial charge in [0.25, 0.3) is 0 Å². The van der Waals surface area contributed by atoms with Gasteiger partial charge in [0.05, 0.1) is 25.9 Å². The van der Waals surface area contributed by atoms with Gasteiger partial charge in [0.15, 0.2) is 47.7 Å². The second-order valence-corrected chi connectivity index (χ2v) is 23.6. The number of primary amides is 1. The summed E-state index contributed by atoms with van der Waals surface area (Å²) in [6.07, 6.45) is -9.36. The van der Waals surface area contributed by atoms with Crippen LogP contribution in [0.3, 0.4) is 0 Å². The van der Waals surface area contributed by atoms with Gasteiger partial charge < -0.3 is 66.8 Å². The highest BCUT2D eigenvalue weighted by Gasteiger charge is 2.55. The number of aromatic nitrogens is 8. The number of hydrogen-bond acceptors (Lipinski definition) is 24. The number of thiol groups is 1. The standard InChI is InChI=1S/C41H51FN18O15P2S2/c1-18(2)26(57-24(61)10-54-58-46)37(63)56-21(4-3-9-47-40(45)64)36(62)55-20-7-5-19(6-8-20)11-68-41(65)73-31-30-23(72-39(31)60-17-53-28-33(44)49-15-51-35(28)60)13-70-76(66,78)74-29-22(12-69-77(67,79)75-30)71-38(25(29)42)59-16-52-27-32(43)48-14-50-34(27)59/h5-8,14-18,21-23,25-26,29-31,38-39H,3-4,9-13H2,1-2H3,(H,55,62)(H,56,63)(H,57,61)(H,66,78)(H,67,79)(H2,43,48,50)(H2,44,49,51)(H3,45,47,64)/t21-,22?,23?,25+,26-,29+,30+,31?,38+,39+,76?,77?/m0/s1. The van der Waals surface area contributed by atoms with Crippen molar-refractivity contribution in [2.75, 3.05) is 43.1 Å². The highest BCUT2D eigenvalue weighted by Crippen LogP contribution is 2.59. The predicted molar refractivity (Wildman–Crippen MR) is 277 cm³/mol. The zero-order chi connectivity index (χ0) is 56.8. The van der Waals surface area contributed by atoms with Gasteiger partial charge in [0, 0.05) is 17.1 Å². The molecule has 8 rings (SSSR count). The van der Waals surface area contributed by atoms with Crippen LogP contribution >= 0.6 is 25.8 Å². The van der Waals surface area contributed by atoms with Crippen molar-refractivity contribution >= 4 is 107 Å². The number of carbonyl (C=O) groups excluding carboxylic acids is 5. The summed E-state index contributed by atoms with van der Waals surface area (Å²) in [4.78, 5) is 103. The second-order valence-electron chi connectivity index (χ2n) is 17.9. The molecule has 0 spiro atoms. The number of nitrogen functional groups attached to an aromatic ring is 2. The lowest BCUT2D eigenvalue weighted by Gasteiger charge is -2.30. The molecule has 424 valence electrons. The molecule has 3 aliphatic rings. The highest BCUT2D eigenvalue weighted by molar-refractivity contribution is 8.44. The average molecular weight is 1180 g/mol. The molecule has 5 amide bonds.